The minimum atomic E-state index is -1.71. The molecule has 0 saturated carbocycles. The first kappa shape index (κ1) is 22.3. The molecule has 0 fully saturated rings. The highest BCUT2D eigenvalue weighted by Gasteiger charge is 2.59. The van der Waals surface area contributed by atoms with E-state index >= 15 is 0 Å². The number of benzene rings is 3. The maximum Gasteiger partial charge on any atom is 0.332 e. The fourth-order valence-electron chi connectivity index (χ4n) is 4.40. The van der Waals surface area contributed by atoms with E-state index in [1.807, 2.05) is 97.1 Å². The van der Waals surface area contributed by atoms with Gasteiger partial charge in [-0.2, -0.15) is 0 Å². The van der Waals surface area contributed by atoms with Crippen LogP contribution in [0.2, 0.25) is 0 Å². The van der Waals surface area contributed by atoms with Gasteiger partial charge in [-0.3, -0.25) is 9.59 Å². The van der Waals surface area contributed by atoms with Crippen LogP contribution in [0.1, 0.15) is 36.1 Å². The predicted octanol–water partition coefficient (Wildman–Crippen LogP) is 5.69. The van der Waals surface area contributed by atoms with Crippen molar-refractivity contribution in [2.75, 3.05) is 13.2 Å². The van der Waals surface area contributed by atoms with E-state index in [0.29, 0.717) is 11.1 Å². The van der Waals surface area contributed by atoms with Crippen molar-refractivity contribution < 1.29 is 19.1 Å². The van der Waals surface area contributed by atoms with Gasteiger partial charge < -0.3 is 9.47 Å². The van der Waals surface area contributed by atoms with Gasteiger partial charge in [0.2, 0.25) is 5.41 Å². The molecule has 0 N–H and O–H groups in total. The maximum absolute atomic E-state index is 13.7. The van der Waals surface area contributed by atoms with Crippen molar-refractivity contribution in [3.63, 3.8) is 0 Å². The first-order valence-electron chi connectivity index (χ1n) is 11.1. The van der Waals surface area contributed by atoms with Gasteiger partial charge in [0.05, 0.1) is 13.2 Å². The number of hydrogen-bond donors (Lipinski definition) is 0. The van der Waals surface area contributed by atoms with E-state index in [0.717, 1.165) is 22.3 Å². The van der Waals surface area contributed by atoms with Crippen LogP contribution >= 0.6 is 0 Å². The van der Waals surface area contributed by atoms with Crippen molar-refractivity contribution in [2.24, 2.45) is 0 Å². The Labute approximate surface area is 194 Å². The molecule has 4 nitrogen and oxygen atoms in total. The number of carbonyl (C=O) groups is 2. The van der Waals surface area contributed by atoms with Crippen molar-refractivity contribution in [3.8, 4) is 0 Å². The third-order valence-corrected chi connectivity index (χ3v) is 5.73. The molecule has 1 aliphatic rings. The summed E-state index contributed by atoms with van der Waals surface area (Å²) in [7, 11) is 0. The highest BCUT2D eigenvalue weighted by atomic mass is 16.6. The third-order valence-electron chi connectivity index (χ3n) is 5.73. The molecule has 166 valence electrons. The first-order valence-corrected chi connectivity index (χ1v) is 11.1. The standard InChI is InChI=1S/C29H26O4/c1-3-32-27(30)29(28(31)33-4-2)25-18-12-11-17-23(25)24(20-19-21-13-7-5-8-14-21)26(29)22-15-9-6-10-16-22/h5-20H,3-4H2,1-2H3/b20-19+. The summed E-state index contributed by atoms with van der Waals surface area (Å²) in [5.74, 6) is -1.25. The summed E-state index contributed by atoms with van der Waals surface area (Å²) in [5, 5.41) is 0. The Kier molecular flexibility index (Phi) is 6.55. The van der Waals surface area contributed by atoms with E-state index in [-0.39, 0.29) is 13.2 Å². The Hall–Kier alpha value is -3.92. The van der Waals surface area contributed by atoms with Gasteiger partial charge in [-0.1, -0.05) is 97.1 Å². The largest absolute Gasteiger partial charge is 0.465 e. The van der Waals surface area contributed by atoms with Gasteiger partial charge >= 0.3 is 11.9 Å². The number of hydrogen-bond acceptors (Lipinski definition) is 4. The average Bonchev–Trinajstić information content (AvgIpc) is 3.15. The average molecular weight is 439 g/mol. The zero-order valence-electron chi connectivity index (χ0n) is 18.8. The zero-order valence-corrected chi connectivity index (χ0v) is 18.8. The molecule has 0 unspecified atom stereocenters. The molecule has 0 spiro atoms. The molecule has 33 heavy (non-hydrogen) atoms. The smallest absolute Gasteiger partial charge is 0.332 e. The number of carbonyl (C=O) groups excluding carboxylic acids is 2. The van der Waals surface area contributed by atoms with Gasteiger partial charge in [0.25, 0.3) is 0 Å². The van der Waals surface area contributed by atoms with Crippen LogP contribution in [0.4, 0.5) is 0 Å². The van der Waals surface area contributed by atoms with Crippen molar-refractivity contribution >= 4 is 29.2 Å². The minimum absolute atomic E-state index is 0.152. The molecule has 0 heterocycles. The summed E-state index contributed by atoms with van der Waals surface area (Å²) in [6.45, 7) is 3.78. The molecular weight excluding hydrogens is 412 g/mol. The molecule has 3 aromatic rings. The Balaban J connectivity index is 2.07. The predicted molar refractivity (Wildman–Crippen MR) is 130 cm³/mol. The van der Waals surface area contributed by atoms with Crippen molar-refractivity contribution in [3.05, 3.63) is 113 Å². The van der Waals surface area contributed by atoms with Crippen LogP contribution < -0.4 is 0 Å². The molecule has 1 aliphatic carbocycles. The number of fused-ring (bicyclic) bond motifs is 1. The van der Waals surface area contributed by atoms with Crippen LogP contribution in [0.3, 0.4) is 0 Å². The minimum Gasteiger partial charge on any atom is -0.465 e. The molecule has 4 heteroatoms. The van der Waals surface area contributed by atoms with E-state index < -0.39 is 17.4 Å². The first-order chi connectivity index (χ1) is 16.1. The van der Waals surface area contributed by atoms with E-state index in [2.05, 4.69) is 0 Å². The fraction of sp³-hybridized carbons (Fsp3) is 0.172. The molecule has 0 atom stereocenters. The molecule has 0 aliphatic heterocycles. The highest BCUT2D eigenvalue weighted by molar-refractivity contribution is 6.27. The van der Waals surface area contributed by atoms with E-state index in [9.17, 15) is 9.59 Å². The number of ether oxygens (including phenoxy) is 2. The van der Waals surface area contributed by atoms with Gasteiger partial charge in [-0.25, -0.2) is 0 Å². The number of esters is 2. The summed E-state index contributed by atoms with van der Waals surface area (Å²) < 4.78 is 11.0. The van der Waals surface area contributed by atoms with Gasteiger partial charge in [-0.15, -0.1) is 0 Å². The van der Waals surface area contributed by atoms with Crippen LogP contribution in [-0.2, 0) is 24.5 Å². The van der Waals surface area contributed by atoms with Gasteiger partial charge in [0, 0.05) is 5.57 Å². The Morgan fingerprint density at radius 1 is 0.727 bits per heavy atom. The topological polar surface area (TPSA) is 52.6 Å². The summed E-state index contributed by atoms with van der Waals surface area (Å²) in [4.78, 5) is 27.3. The molecular formula is C29H26O4. The third kappa shape index (κ3) is 3.89. The van der Waals surface area contributed by atoms with Crippen LogP contribution in [0.15, 0.2) is 91.0 Å². The normalized spacial score (nSPS) is 14.2. The van der Waals surface area contributed by atoms with Gasteiger partial charge in [0.15, 0.2) is 0 Å². The second-order valence-electron chi connectivity index (χ2n) is 7.64. The van der Waals surface area contributed by atoms with Crippen LogP contribution in [0, 0.1) is 0 Å². The summed E-state index contributed by atoms with van der Waals surface area (Å²) >= 11 is 0. The Morgan fingerprint density at radius 2 is 1.27 bits per heavy atom. The summed E-state index contributed by atoms with van der Waals surface area (Å²) in [6.07, 6.45) is 3.96. The summed E-state index contributed by atoms with van der Waals surface area (Å²) in [6, 6.07) is 26.9. The second kappa shape index (κ2) is 9.70. The van der Waals surface area contributed by atoms with Crippen molar-refractivity contribution in [1.29, 1.82) is 0 Å². The SMILES string of the molecule is CCOC(=O)C1(C(=O)OCC)C(c2ccccc2)=C(/C=C/c2ccccc2)c2ccccc21. The maximum atomic E-state index is 13.7. The lowest BCUT2D eigenvalue weighted by Crippen LogP contribution is -2.46. The number of allylic oxidation sites excluding steroid dienone is 2. The molecule has 0 bridgehead atoms. The Morgan fingerprint density at radius 3 is 1.88 bits per heavy atom. The van der Waals surface area contributed by atoms with Crippen LogP contribution in [0.5, 0.6) is 0 Å². The van der Waals surface area contributed by atoms with Crippen LogP contribution in [-0.4, -0.2) is 25.2 Å². The lowest BCUT2D eigenvalue weighted by molar-refractivity contribution is -0.161. The second-order valence-corrected chi connectivity index (χ2v) is 7.64. The molecule has 0 amide bonds. The molecule has 4 rings (SSSR count). The molecule has 3 aromatic carbocycles. The molecule has 0 aromatic heterocycles. The lowest BCUT2D eigenvalue weighted by Gasteiger charge is -2.29. The zero-order chi connectivity index (χ0) is 23.3. The quantitative estimate of drug-likeness (QED) is 0.351. The van der Waals surface area contributed by atoms with Crippen molar-refractivity contribution in [1.82, 2.24) is 0 Å². The molecule has 0 radical (unpaired) electrons. The van der Waals surface area contributed by atoms with Gasteiger partial charge in [-0.05, 0) is 41.7 Å². The molecule has 0 saturated heterocycles. The van der Waals surface area contributed by atoms with Crippen LogP contribution in [0.25, 0.3) is 17.2 Å². The van der Waals surface area contributed by atoms with E-state index in [1.54, 1.807) is 13.8 Å². The fourth-order valence-corrected chi connectivity index (χ4v) is 4.40. The monoisotopic (exact) mass is 438 g/mol. The Bertz CT molecular complexity index is 1190. The number of rotatable bonds is 7. The summed E-state index contributed by atoms with van der Waals surface area (Å²) in [5.41, 5.74) is 2.83. The highest BCUT2D eigenvalue weighted by Crippen LogP contribution is 2.53. The lowest BCUT2D eigenvalue weighted by atomic mass is 9.74. The van der Waals surface area contributed by atoms with E-state index in [1.165, 1.54) is 0 Å². The van der Waals surface area contributed by atoms with E-state index in [4.69, 9.17) is 9.47 Å². The van der Waals surface area contributed by atoms with Crippen molar-refractivity contribution in [2.45, 2.75) is 19.3 Å². The van der Waals surface area contributed by atoms with Gasteiger partial charge in [0.1, 0.15) is 0 Å².